The fourth-order valence-electron chi connectivity index (χ4n) is 7.44. The number of phosphoric acid groups is 1. The number of phosphoric ester groups is 1. The van der Waals surface area contributed by atoms with Gasteiger partial charge in [0.15, 0.2) is 6.04 Å². The highest BCUT2D eigenvalue weighted by Crippen LogP contribution is 2.43. The number of ether oxygens (including phenoxy) is 1. The van der Waals surface area contributed by atoms with Crippen molar-refractivity contribution in [3.05, 3.63) is 48.6 Å². The fourth-order valence-corrected chi connectivity index (χ4v) is 8.21. The number of carbonyl (C=O) groups excluding carboxylic acids is 2. The van der Waals surface area contributed by atoms with Gasteiger partial charge in [-0.05, 0) is 77.0 Å². The number of carboxylic acid groups (broad SMARTS) is 1. The maximum absolute atomic E-state index is 12.4. The van der Waals surface area contributed by atoms with E-state index in [1.165, 1.54) is 148 Å². The van der Waals surface area contributed by atoms with Gasteiger partial charge in [0, 0.05) is 12.8 Å². The van der Waals surface area contributed by atoms with Crippen LogP contribution in [0.5, 0.6) is 0 Å². The maximum atomic E-state index is 12.4. The van der Waals surface area contributed by atoms with E-state index in [-0.39, 0.29) is 12.8 Å². The molecule has 0 spiro atoms. The van der Waals surface area contributed by atoms with Crippen LogP contribution in [-0.2, 0) is 32.7 Å². The molecule has 1 amide bonds. The number of amides is 1. The fraction of sp³-hybridized carbons (Fsp3) is 0.796. The van der Waals surface area contributed by atoms with E-state index in [9.17, 15) is 34.1 Å². The molecule has 0 aliphatic rings. The minimum Gasteiger partial charge on any atom is -0.480 e. The minimum absolute atomic E-state index is 0.143. The Hall–Kier alpha value is -2.56. The zero-order chi connectivity index (χ0) is 48.4. The number of hydrogen-bond acceptors (Lipinski definition) is 8. The lowest BCUT2D eigenvalue weighted by Crippen LogP contribution is -2.43. The number of aliphatic hydroxyl groups is 1. The smallest absolute Gasteiger partial charge is 0.472 e. The van der Waals surface area contributed by atoms with Gasteiger partial charge in [-0.15, -0.1) is 0 Å². The molecule has 0 rings (SSSR count). The van der Waals surface area contributed by atoms with Crippen LogP contribution in [0.4, 0.5) is 0 Å². The molecule has 0 aliphatic carbocycles. The Morgan fingerprint density at radius 1 is 0.485 bits per heavy atom. The molecule has 3 atom stereocenters. The van der Waals surface area contributed by atoms with E-state index in [0.717, 1.165) is 57.8 Å². The van der Waals surface area contributed by atoms with Crippen molar-refractivity contribution in [1.82, 2.24) is 5.32 Å². The van der Waals surface area contributed by atoms with Gasteiger partial charge in [-0.2, -0.15) is 0 Å². The molecule has 0 bridgehead atoms. The maximum Gasteiger partial charge on any atom is 0.472 e. The van der Waals surface area contributed by atoms with Crippen molar-refractivity contribution in [3.8, 4) is 0 Å². The molecule has 0 radical (unpaired) electrons. The minimum atomic E-state index is -4.77. The first kappa shape index (κ1) is 63.4. The third kappa shape index (κ3) is 47.9. The van der Waals surface area contributed by atoms with Gasteiger partial charge in [0.1, 0.15) is 12.7 Å². The summed E-state index contributed by atoms with van der Waals surface area (Å²) in [4.78, 5) is 46.2. The van der Waals surface area contributed by atoms with Crippen LogP contribution in [0.3, 0.4) is 0 Å². The zero-order valence-electron chi connectivity index (χ0n) is 42.0. The van der Waals surface area contributed by atoms with Crippen LogP contribution in [0.15, 0.2) is 48.6 Å². The van der Waals surface area contributed by atoms with Gasteiger partial charge < -0.3 is 25.2 Å². The molecule has 0 aromatic rings. The van der Waals surface area contributed by atoms with E-state index < -0.39 is 57.6 Å². The molecule has 384 valence electrons. The van der Waals surface area contributed by atoms with Crippen molar-refractivity contribution < 1.29 is 47.8 Å². The van der Waals surface area contributed by atoms with E-state index in [1.807, 2.05) is 0 Å². The monoisotopic (exact) mass is 952 g/mol. The molecule has 0 aromatic carbocycles. The Morgan fingerprint density at radius 3 is 1.29 bits per heavy atom. The largest absolute Gasteiger partial charge is 0.480 e. The molecule has 0 saturated heterocycles. The summed E-state index contributed by atoms with van der Waals surface area (Å²) in [5.74, 6) is -2.37. The SMILES string of the molecule is CCCCC/C=C\C/C=C\C/C=C\CCCCCCCCCCCCC(=O)OCC(O)COP(=O)(O)OCC(NC(=O)CCCCCCCCCCC/C=C/CCCCCCCC)C(=O)O. The van der Waals surface area contributed by atoms with E-state index in [1.54, 1.807) is 0 Å². The number of nitrogens with one attached hydrogen (secondary N) is 1. The highest BCUT2D eigenvalue weighted by molar-refractivity contribution is 7.47. The predicted molar refractivity (Wildman–Crippen MR) is 272 cm³/mol. The second kappa shape index (κ2) is 48.9. The lowest BCUT2D eigenvalue weighted by atomic mass is 10.1. The first-order chi connectivity index (χ1) is 32.1. The molecule has 0 fully saturated rings. The lowest BCUT2D eigenvalue weighted by Gasteiger charge is -2.18. The molecule has 11 nitrogen and oxygen atoms in total. The van der Waals surface area contributed by atoms with E-state index in [4.69, 9.17) is 13.8 Å². The predicted octanol–water partition coefficient (Wildman–Crippen LogP) is 14.9. The highest BCUT2D eigenvalue weighted by Gasteiger charge is 2.28. The molecular weight excluding hydrogens is 854 g/mol. The topological polar surface area (TPSA) is 169 Å². The Kier molecular flexibility index (Phi) is 47.0. The number of rotatable bonds is 50. The number of allylic oxidation sites excluding steroid dienone is 8. The molecule has 66 heavy (non-hydrogen) atoms. The van der Waals surface area contributed by atoms with Gasteiger partial charge in [-0.3, -0.25) is 18.6 Å². The first-order valence-electron chi connectivity index (χ1n) is 26.7. The Morgan fingerprint density at radius 2 is 0.833 bits per heavy atom. The van der Waals surface area contributed by atoms with E-state index in [2.05, 4.69) is 67.8 Å². The van der Waals surface area contributed by atoms with Crippen LogP contribution in [0.1, 0.15) is 245 Å². The van der Waals surface area contributed by atoms with Gasteiger partial charge in [-0.25, -0.2) is 9.36 Å². The summed E-state index contributed by atoms with van der Waals surface area (Å²) in [5, 5.41) is 21.9. The van der Waals surface area contributed by atoms with E-state index >= 15 is 0 Å². The molecule has 0 aromatic heterocycles. The molecule has 0 heterocycles. The lowest BCUT2D eigenvalue weighted by molar-refractivity contribution is -0.147. The zero-order valence-corrected chi connectivity index (χ0v) is 42.9. The van der Waals surface area contributed by atoms with Crippen LogP contribution in [-0.4, -0.2) is 64.9 Å². The first-order valence-corrected chi connectivity index (χ1v) is 28.2. The van der Waals surface area contributed by atoms with Crippen LogP contribution in [0, 0.1) is 0 Å². The molecular formula is C54H98NO10P. The average Bonchev–Trinajstić information content (AvgIpc) is 3.29. The molecule has 0 aliphatic heterocycles. The van der Waals surface area contributed by atoms with Crippen molar-refractivity contribution in [2.75, 3.05) is 19.8 Å². The Labute approximate surface area is 403 Å². The van der Waals surface area contributed by atoms with Gasteiger partial charge in [0.2, 0.25) is 5.91 Å². The number of aliphatic hydroxyl groups excluding tert-OH is 1. The van der Waals surface area contributed by atoms with Crippen molar-refractivity contribution in [2.24, 2.45) is 0 Å². The van der Waals surface area contributed by atoms with Gasteiger partial charge in [0.25, 0.3) is 0 Å². The van der Waals surface area contributed by atoms with Crippen molar-refractivity contribution >= 4 is 25.7 Å². The number of unbranched alkanes of at least 4 members (excludes halogenated alkanes) is 28. The number of hydrogen-bond donors (Lipinski definition) is 4. The van der Waals surface area contributed by atoms with Crippen LogP contribution < -0.4 is 5.32 Å². The molecule has 4 N–H and O–H groups in total. The van der Waals surface area contributed by atoms with Crippen molar-refractivity contribution in [2.45, 2.75) is 257 Å². The second-order valence-electron chi connectivity index (χ2n) is 18.1. The summed E-state index contributed by atoms with van der Waals surface area (Å²) in [5.41, 5.74) is 0. The van der Waals surface area contributed by atoms with Crippen LogP contribution >= 0.6 is 7.82 Å². The number of aliphatic carboxylic acids is 1. The molecule has 12 heteroatoms. The Bertz CT molecular complexity index is 1300. The summed E-state index contributed by atoms with van der Waals surface area (Å²) in [6, 6.07) is -1.55. The molecule has 0 saturated carbocycles. The van der Waals surface area contributed by atoms with Gasteiger partial charge in [0.05, 0.1) is 13.2 Å². The van der Waals surface area contributed by atoms with Gasteiger partial charge in [-0.1, -0.05) is 204 Å². The standard InChI is InChI=1S/C54H98NO10P/c1-3-5-7-9-11-13-15-17-19-21-23-24-25-26-28-30-32-34-36-38-40-42-44-46-53(58)63-47-50(56)48-64-66(61,62)65-49-51(54(59)60)55-52(57)45-43-41-39-37-35-33-31-29-27-22-20-18-16-14-12-10-8-6-4-2/h11,13,17-20,23-24,50-51,56H,3-10,12,14-16,21-22,25-49H2,1-2H3,(H,55,57)(H,59,60)(H,61,62)/b13-11-,19-17-,20-18+,24-23-. The number of carbonyl (C=O) groups is 3. The third-order valence-corrected chi connectivity index (χ3v) is 12.5. The molecule has 3 unspecified atom stereocenters. The average molecular weight is 952 g/mol. The van der Waals surface area contributed by atoms with Crippen LogP contribution in [0.25, 0.3) is 0 Å². The normalized spacial score (nSPS) is 13.9. The number of esters is 1. The third-order valence-electron chi connectivity index (χ3n) is 11.6. The number of carboxylic acids is 1. The van der Waals surface area contributed by atoms with Crippen molar-refractivity contribution in [3.63, 3.8) is 0 Å². The Balaban J connectivity index is 3.81. The highest BCUT2D eigenvalue weighted by atomic mass is 31.2. The quantitative estimate of drug-likeness (QED) is 0.0199. The van der Waals surface area contributed by atoms with Crippen molar-refractivity contribution in [1.29, 1.82) is 0 Å². The van der Waals surface area contributed by atoms with Crippen LogP contribution in [0.2, 0.25) is 0 Å². The summed E-state index contributed by atoms with van der Waals surface area (Å²) < 4.78 is 27.0. The van der Waals surface area contributed by atoms with E-state index in [0.29, 0.717) is 12.8 Å². The summed E-state index contributed by atoms with van der Waals surface area (Å²) >= 11 is 0. The summed E-state index contributed by atoms with van der Waals surface area (Å²) in [6.45, 7) is 2.59. The second-order valence-corrected chi connectivity index (χ2v) is 19.5. The van der Waals surface area contributed by atoms with Gasteiger partial charge >= 0.3 is 19.8 Å². The summed E-state index contributed by atoms with van der Waals surface area (Å²) in [6.07, 6.45) is 57.0. The summed E-state index contributed by atoms with van der Waals surface area (Å²) in [7, 11) is -4.77.